The molecule has 0 aromatic rings. The number of urea groups is 1. The fourth-order valence-electron chi connectivity index (χ4n) is 2.97. The molecule has 4 heteroatoms. The number of likely N-dealkylation sites (N-methyl/N-ethyl adjacent to an activating group) is 2. The Morgan fingerprint density at radius 2 is 1.94 bits per heavy atom. The number of nitrogens with zero attached hydrogens (tertiary/aromatic N) is 2. The Morgan fingerprint density at radius 3 is 2.59 bits per heavy atom. The summed E-state index contributed by atoms with van der Waals surface area (Å²) in [5, 5.41) is 3.16. The normalized spacial score (nSPS) is 27.1. The first-order chi connectivity index (χ1) is 8.16. The summed E-state index contributed by atoms with van der Waals surface area (Å²) < 4.78 is 0. The third-order valence-electron chi connectivity index (χ3n) is 4.15. The first-order valence-electron chi connectivity index (χ1n) is 6.88. The van der Waals surface area contributed by atoms with Gasteiger partial charge in [0, 0.05) is 25.7 Å². The lowest BCUT2D eigenvalue weighted by molar-refractivity contribution is 0.139. The second kappa shape index (κ2) is 5.71. The summed E-state index contributed by atoms with van der Waals surface area (Å²) in [5.41, 5.74) is 0. The molecule has 2 rings (SSSR count). The van der Waals surface area contributed by atoms with Crippen molar-refractivity contribution in [2.75, 3.05) is 27.2 Å². The molecule has 2 aliphatic rings. The van der Waals surface area contributed by atoms with Crippen LogP contribution in [-0.2, 0) is 0 Å². The van der Waals surface area contributed by atoms with Gasteiger partial charge in [0.2, 0.25) is 0 Å². The van der Waals surface area contributed by atoms with Gasteiger partial charge in [-0.3, -0.25) is 0 Å². The van der Waals surface area contributed by atoms with E-state index in [0.29, 0.717) is 12.1 Å². The minimum Gasteiger partial charge on any atom is -0.335 e. The van der Waals surface area contributed by atoms with Gasteiger partial charge in [0.25, 0.3) is 0 Å². The average molecular weight is 239 g/mol. The van der Waals surface area contributed by atoms with Gasteiger partial charge in [-0.15, -0.1) is 0 Å². The van der Waals surface area contributed by atoms with Crippen LogP contribution in [0.25, 0.3) is 0 Å². The first kappa shape index (κ1) is 12.7. The fraction of sp³-hybridized carbons (Fsp3) is 0.923. The van der Waals surface area contributed by atoms with Crippen molar-refractivity contribution in [2.45, 2.75) is 50.6 Å². The summed E-state index contributed by atoms with van der Waals surface area (Å²) in [6.45, 7) is 2.17. The molecule has 1 atom stereocenters. The smallest absolute Gasteiger partial charge is 0.317 e. The number of hydrogen-bond acceptors (Lipinski definition) is 2. The van der Waals surface area contributed by atoms with Gasteiger partial charge in [0.05, 0.1) is 0 Å². The van der Waals surface area contributed by atoms with E-state index in [2.05, 4.69) is 17.3 Å². The third kappa shape index (κ3) is 3.35. The largest absolute Gasteiger partial charge is 0.335 e. The van der Waals surface area contributed by atoms with Crippen LogP contribution in [0.4, 0.5) is 4.79 Å². The molecule has 2 amide bonds. The number of amides is 2. The maximum absolute atomic E-state index is 12.1. The highest BCUT2D eigenvalue weighted by Gasteiger charge is 2.26. The predicted molar refractivity (Wildman–Crippen MR) is 69.1 cm³/mol. The average Bonchev–Trinajstić information content (AvgIpc) is 2.80. The van der Waals surface area contributed by atoms with E-state index in [4.69, 9.17) is 0 Å². The highest BCUT2D eigenvalue weighted by molar-refractivity contribution is 5.74. The lowest BCUT2D eigenvalue weighted by atomic mass is 10.1. The molecule has 0 aromatic carbocycles. The van der Waals surface area contributed by atoms with Crippen LogP contribution < -0.4 is 5.32 Å². The minimum atomic E-state index is 0.122. The molecular formula is C13H25N3O. The van der Waals surface area contributed by atoms with E-state index in [1.54, 1.807) is 0 Å². The molecule has 0 aromatic heterocycles. The second-order valence-corrected chi connectivity index (χ2v) is 5.60. The van der Waals surface area contributed by atoms with Crippen LogP contribution >= 0.6 is 0 Å². The molecule has 1 heterocycles. The van der Waals surface area contributed by atoms with E-state index in [1.807, 2.05) is 11.9 Å². The number of piperidine rings is 1. The Hall–Kier alpha value is -0.770. The highest BCUT2D eigenvalue weighted by atomic mass is 16.2. The molecule has 1 aliphatic carbocycles. The van der Waals surface area contributed by atoms with E-state index in [1.165, 1.54) is 19.3 Å². The summed E-state index contributed by atoms with van der Waals surface area (Å²) in [4.78, 5) is 16.3. The van der Waals surface area contributed by atoms with Crippen molar-refractivity contribution in [1.82, 2.24) is 15.1 Å². The zero-order valence-corrected chi connectivity index (χ0v) is 11.1. The van der Waals surface area contributed by atoms with Gasteiger partial charge in [0.1, 0.15) is 0 Å². The van der Waals surface area contributed by atoms with Gasteiger partial charge >= 0.3 is 6.03 Å². The number of likely N-dealkylation sites (tertiary alicyclic amines) is 1. The Morgan fingerprint density at radius 1 is 1.24 bits per heavy atom. The summed E-state index contributed by atoms with van der Waals surface area (Å²) in [6, 6.07) is 0.929. The maximum atomic E-state index is 12.1. The molecule has 2 fully saturated rings. The van der Waals surface area contributed by atoms with Gasteiger partial charge in [0.15, 0.2) is 0 Å². The SMILES string of the molecule is CN1CCCC(N(C)C(=O)NC2CCCC2)C1. The number of rotatable bonds is 2. The molecule has 4 nitrogen and oxygen atoms in total. The Kier molecular flexibility index (Phi) is 4.26. The summed E-state index contributed by atoms with van der Waals surface area (Å²) in [6.07, 6.45) is 7.18. The van der Waals surface area contributed by atoms with Crippen LogP contribution in [0.5, 0.6) is 0 Å². The summed E-state index contributed by atoms with van der Waals surface area (Å²) in [5.74, 6) is 0. The molecule has 0 spiro atoms. The topological polar surface area (TPSA) is 35.6 Å². The van der Waals surface area contributed by atoms with E-state index in [-0.39, 0.29) is 6.03 Å². The monoisotopic (exact) mass is 239 g/mol. The maximum Gasteiger partial charge on any atom is 0.317 e. The number of carbonyl (C=O) groups excluding carboxylic acids is 1. The zero-order valence-electron chi connectivity index (χ0n) is 11.1. The van der Waals surface area contributed by atoms with Crippen LogP contribution in [0, 0.1) is 0 Å². The highest BCUT2D eigenvalue weighted by Crippen LogP contribution is 2.19. The van der Waals surface area contributed by atoms with Crippen molar-refractivity contribution >= 4 is 6.03 Å². The van der Waals surface area contributed by atoms with E-state index in [0.717, 1.165) is 32.4 Å². The lowest BCUT2D eigenvalue weighted by Gasteiger charge is -2.36. The molecule has 1 N–H and O–H groups in total. The van der Waals surface area contributed by atoms with Crippen LogP contribution in [0.15, 0.2) is 0 Å². The second-order valence-electron chi connectivity index (χ2n) is 5.60. The molecular weight excluding hydrogens is 214 g/mol. The third-order valence-corrected chi connectivity index (χ3v) is 4.15. The van der Waals surface area contributed by atoms with Crippen LogP contribution in [0.3, 0.4) is 0 Å². The number of nitrogens with one attached hydrogen (secondary N) is 1. The Balaban J connectivity index is 1.80. The lowest BCUT2D eigenvalue weighted by Crippen LogP contribution is -2.51. The van der Waals surface area contributed by atoms with Gasteiger partial charge in [-0.1, -0.05) is 12.8 Å². The minimum absolute atomic E-state index is 0.122. The van der Waals surface area contributed by atoms with Crippen molar-refractivity contribution in [2.24, 2.45) is 0 Å². The van der Waals surface area contributed by atoms with Crippen LogP contribution in [0.2, 0.25) is 0 Å². The van der Waals surface area contributed by atoms with E-state index < -0.39 is 0 Å². The van der Waals surface area contributed by atoms with Gasteiger partial charge in [-0.2, -0.15) is 0 Å². The van der Waals surface area contributed by atoms with Gasteiger partial charge in [-0.05, 0) is 39.3 Å². The van der Waals surface area contributed by atoms with E-state index >= 15 is 0 Å². The van der Waals surface area contributed by atoms with Crippen molar-refractivity contribution < 1.29 is 4.79 Å². The summed E-state index contributed by atoms with van der Waals surface area (Å²) >= 11 is 0. The molecule has 1 unspecified atom stereocenters. The van der Waals surface area contributed by atoms with Crippen molar-refractivity contribution in [3.63, 3.8) is 0 Å². The quantitative estimate of drug-likeness (QED) is 0.795. The Labute approximate surface area is 104 Å². The number of hydrogen-bond donors (Lipinski definition) is 1. The molecule has 0 bridgehead atoms. The fourth-order valence-corrected chi connectivity index (χ4v) is 2.97. The molecule has 0 radical (unpaired) electrons. The van der Waals surface area contributed by atoms with E-state index in [9.17, 15) is 4.79 Å². The predicted octanol–water partition coefficient (Wildman–Crippen LogP) is 1.66. The van der Waals surface area contributed by atoms with Crippen molar-refractivity contribution in [1.29, 1.82) is 0 Å². The van der Waals surface area contributed by atoms with Crippen LogP contribution in [-0.4, -0.2) is 55.1 Å². The van der Waals surface area contributed by atoms with Gasteiger partial charge < -0.3 is 15.1 Å². The molecule has 1 saturated carbocycles. The Bertz CT molecular complexity index is 263. The summed E-state index contributed by atoms with van der Waals surface area (Å²) in [7, 11) is 4.07. The van der Waals surface area contributed by atoms with Crippen LogP contribution in [0.1, 0.15) is 38.5 Å². The standard InChI is InChI=1S/C13H25N3O/c1-15-9-5-8-12(10-15)16(2)13(17)14-11-6-3-4-7-11/h11-12H,3-10H2,1-2H3,(H,14,17). The molecule has 98 valence electrons. The van der Waals surface area contributed by atoms with Gasteiger partial charge in [-0.25, -0.2) is 4.79 Å². The molecule has 17 heavy (non-hydrogen) atoms. The number of carbonyl (C=O) groups is 1. The first-order valence-corrected chi connectivity index (χ1v) is 6.88. The van der Waals surface area contributed by atoms with Crippen molar-refractivity contribution in [3.8, 4) is 0 Å². The van der Waals surface area contributed by atoms with Crippen molar-refractivity contribution in [3.05, 3.63) is 0 Å². The zero-order chi connectivity index (χ0) is 12.3. The molecule has 1 saturated heterocycles. The molecule has 1 aliphatic heterocycles.